The van der Waals surface area contributed by atoms with Crippen LogP contribution in [-0.2, 0) is 0 Å². The van der Waals surface area contributed by atoms with E-state index in [4.69, 9.17) is 5.73 Å². The molecule has 2 rings (SSSR count). The zero-order chi connectivity index (χ0) is 12.6. The van der Waals surface area contributed by atoms with Crippen LogP contribution in [0, 0.1) is 11.3 Å². The van der Waals surface area contributed by atoms with E-state index in [1.54, 1.807) is 0 Å². The maximum Gasteiger partial charge on any atom is 0.0938 e. The van der Waals surface area contributed by atoms with Gasteiger partial charge in [-0.1, -0.05) is 20.3 Å². The van der Waals surface area contributed by atoms with Gasteiger partial charge in [-0.25, -0.2) is 0 Å². The summed E-state index contributed by atoms with van der Waals surface area (Å²) in [6.07, 6.45) is 2.46. The number of rotatable bonds is 2. The second-order valence-electron chi connectivity index (χ2n) is 6.52. The third-order valence-corrected chi connectivity index (χ3v) is 4.63. The molecule has 2 fully saturated rings. The predicted molar refractivity (Wildman–Crippen MR) is 67.6 cm³/mol. The molecule has 1 aliphatic heterocycles. The number of β-amino-alcohol motifs (C(OH)–C–C–N with tert-alkyl or cyclic N) is 2. The molecule has 4 unspecified atom stereocenters. The molecule has 0 aromatic rings. The highest BCUT2D eigenvalue weighted by Gasteiger charge is 2.39. The van der Waals surface area contributed by atoms with Gasteiger partial charge in [-0.3, -0.25) is 4.90 Å². The fraction of sp³-hybridized carbons (Fsp3) is 1.00. The van der Waals surface area contributed by atoms with Gasteiger partial charge in [-0.15, -0.1) is 0 Å². The van der Waals surface area contributed by atoms with Crippen LogP contribution in [0.5, 0.6) is 0 Å². The average molecular weight is 242 g/mol. The number of hydrogen-bond acceptors (Lipinski definition) is 4. The van der Waals surface area contributed by atoms with Gasteiger partial charge in [0.25, 0.3) is 0 Å². The fourth-order valence-corrected chi connectivity index (χ4v) is 3.34. The second-order valence-corrected chi connectivity index (χ2v) is 6.52. The lowest BCUT2D eigenvalue weighted by atomic mass is 9.68. The highest BCUT2D eigenvalue weighted by molar-refractivity contribution is 4.94. The van der Waals surface area contributed by atoms with Crippen LogP contribution in [0.15, 0.2) is 0 Å². The molecule has 4 heteroatoms. The molecule has 1 saturated heterocycles. The van der Waals surface area contributed by atoms with Crippen molar-refractivity contribution in [2.75, 3.05) is 19.6 Å². The van der Waals surface area contributed by atoms with E-state index in [2.05, 4.69) is 18.7 Å². The van der Waals surface area contributed by atoms with Crippen molar-refractivity contribution >= 4 is 0 Å². The first-order valence-electron chi connectivity index (χ1n) is 6.74. The summed E-state index contributed by atoms with van der Waals surface area (Å²) in [7, 11) is 0. The number of aliphatic hydroxyl groups excluding tert-OH is 2. The van der Waals surface area contributed by atoms with Gasteiger partial charge < -0.3 is 15.9 Å². The summed E-state index contributed by atoms with van der Waals surface area (Å²) in [5.41, 5.74) is 6.57. The largest absolute Gasteiger partial charge is 0.389 e. The van der Waals surface area contributed by atoms with E-state index >= 15 is 0 Å². The van der Waals surface area contributed by atoms with Gasteiger partial charge >= 0.3 is 0 Å². The van der Waals surface area contributed by atoms with Crippen molar-refractivity contribution in [3.63, 3.8) is 0 Å². The second kappa shape index (κ2) is 4.84. The lowest BCUT2D eigenvalue weighted by Gasteiger charge is -2.43. The Balaban J connectivity index is 1.91. The van der Waals surface area contributed by atoms with Crippen molar-refractivity contribution in [2.45, 2.75) is 51.4 Å². The molecule has 2 aliphatic rings. The molecule has 0 spiro atoms. The molecule has 1 saturated carbocycles. The van der Waals surface area contributed by atoms with Crippen molar-refractivity contribution < 1.29 is 10.2 Å². The van der Waals surface area contributed by atoms with Crippen LogP contribution in [0.25, 0.3) is 0 Å². The van der Waals surface area contributed by atoms with Crippen LogP contribution in [0.3, 0.4) is 0 Å². The zero-order valence-corrected chi connectivity index (χ0v) is 11.0. The van der Waals surface area contributed by atoms with E-state index in [0.29, 0.717) is 19.0 Å². The minimum absolute atomic E-state index is 0.222. The lowest BCUT2D eigenvalue weighted by molar-refractivity contribution is 0.0572. The zero-order valence-electron chi connectivity index (χ0n) is 11.0. The Morgan fingerprint density at radius 3 is 2.41 bits per heavy atom. The highest BCUT2D eigenvalue weighted by atomic mass is 16.3. The van der Waals surface area contributed by atoms with Crippen LogP contribution in [0.1, 0.15) is 33.1 Å². The topological polar surface area (TPSA) is 69.7 Å². The van der Waals surface area contributed by atoms with Gasteiger partial charge in [0.1, 0.15) is 0 Å². The first kappa shape index (κ1) is 13.3. The van der Waals surface area contributed by atoms with Crippen molar-refractivity contribution in [3.05, 3.63) is 0 Å². The highest BCUT2D eigenvalue weighted by Crippen LogP contribution is 2.38. The van der Waals surface area contributed by atoms with Gasteiger partial charge in [0, 0.05) is 25.7 Å². The molecular weight excluding hydrogens is 216 g/mol. The van der Waals surface area contributed by atoms with Crippen molar-refractivity contribution in [1.82, 2.24) is 4.90 Å². The minimum Gasteiger partial charge on any atom is -0.389 e. The molecule has 0 aromatic carbocycles. The molecule has 0 bridgehead atoms. The van der Waals surface area contributed by atoms with Gasteiger partial charge in [0.15, 0.2) is 0 Å². The smallest absolute Gasteiger partial charge is 0.0938 e. The Morgan fingerprint density at radius 2 is 1.82 bits per heavy atom. The Bertz CT molecular complexity index is 260. The van der Waals surface area contributed by atoms with Crippen LogP contribution in [0.4, 0.5) is 0 Å². The van der Waals surface area contributed by atoms with E-state index in [0.717, 1.165) is 6.54 Å². The summed E-state index contributed by atoms with van der Waals surface area (Å²) in [6.45, 7) is 6.59. The van der Waals surface area contributed by atoms with E-state index in [-0.39, 0.29) is 11.5 Å². The molecule has 0 amide bonds. The standard InChI is InChI=1S/C13H26N2O2/c1-13(2)5-3-4-9(12(13)14)6-15-7-10(16)11(17)8-15/h9-12,16-17H,3-8,14H2,1-2H3. The SMILES string of the molecule is CC1(C)CCCC(CN2CC(O)C(O)C2)C1N. The van der Waals surface area contributed by atoms with Crippen molar-refractivity contribution in [1.29, 1.82) is 0 Å². The van der Waals surface area contributed by atoms with Gasteiger partial charge in [-0.2, -0.15) is 0 Å². The lowest BCUT2D eigenvalue weighted by Crippen LogP contribution is -2.50. The predicted octanol–water partition coefficient (Wildman–Crippen LogP) is 0.177. The molecule has 17 heavy (non-hydrogen) atoms. The summed E-state index contributed by atoms with van der Waals surface area (Å²) in [4.78, 5) is 2.15. The monoisotopic (exact) mass is 242 g/mol. The van der Waals surface area contributed by atoms with E-state index in [9.17, 15) is 10.2 Å². The molecule has 1 aliphatic carbocycles. The number of nitrogens with two attached hydrogens (primary N) is 1. The van der Waals surface area contributed by atoms with Gasteiger partial charge in [-0.05, 0) is 24.2 Å². The molecule has 4 atom stereocenters. The third-order valence-electron chi connectivity index (χ3n) is 4.63. The fourth-order valence-electron chi connectivity index (χ4n) is 3.34. The summed E-state index contributed by atoms with van der Waals surface area (Å²) in [6, 6.07) is 0.228. The Hall–Kier alpha value is -0.160. The van der Waals surface area contributed by atoms with Gasteiger partial charge in [0.05, 0.1) is 12.2 Å². The summed E-state index contributed by atoms with van der Waals surface area (Å²) in [5, 5.41) is 19.1. The van der Waals surface area contributed by atoms with Crippen LogP contribution < -0.4 is 5.73 Å². The maximum atomic E-state index is 9.54. The van der Waals surface area contributed by atoms with E-state index in [1.165, 1.54) is 19.3 Å². The molecule has 0 aromatic heterocycles. The first-order valence-corrected chi connectivity index (χ1v) is 6.74. The van der Waals surface area contributed by atoms with Gasteiger partial charge in [0.2, 0.25) is 0 Å². The van der Waals surface area contributed by atoms with E-state index < -0.39 is 12.2 Å². The average Bonchev–Trinajstić information content (AvgIpc) is 2.54. The minimum atomic E-state index is -0.581. The van der Waals surface area contributed by atoms with Crippen molar-refractivity contribution in [2.24, 2.45) is 17.1 Å². The number of likely N-dealkylation sites (tertiary alicyclic amines) is 1. The number of hydrogen-bond donors (Lipinski definition) is 3. The molecule has 4 nitrogen and oxygen atoms in total. The Labute approximate surface area is 104 Å². The summed E-state index contributed by atoms with van der Waals surface area (Å²) >= 11 is 0. The van der Waals surface area contributed by atoms with Crippen LogP contribution >= 0.6 is 0 Å². The van der Waals surface area contributed by atoms with Crippen LogP contribution in [-0.4, -0.2) is 53.0 Å². The normalized spacial score (nSPS) is 42.9. The van der Waals surface area contributed by atoms with E-state index in [1.807, 2.05) is 0 Å². The summed E-state index contributed by atoms with van der Waals surface area (Å²) in [5.74, 6) is 0.497. The maximum absolute atomic E-state index is 9.54. The Morgan fingerprint density at radius 1 is 1.24 bits per heavy atom. The third kappa shape index (κ3) is 2.81. The molecule has 1 heterocycles. The molecule has 100 valence electrons. The van der Waals surface area contributed by atoms with Crippen molar-refractivity contribution in [3.8, 4) is 0 Å². The quantitative estimate of drug-likeness (QED) is 0.646. The molecule has 0 radical (unpaired) electrons. The number of aliphatic hydroxyl groups is 2. The molecular formula is C13H26N2O2. The first-order chi connectivity index (χ1) is 7.90. The summed E-state index contributed by atoms with van der Waals surface area (Å²) < 4.78 is 0. The Kier molecular flexibility index (Phi) is 3.78. The molecule has 4 N–H and O–H groups in total. The van der Waals surface area contributed by atoms with Crippen LogP contribution in [0.2, 0.25) is 0 Å². The number of nitrogens with zero attached hydrogens (tertiary/aromatic N) is 1.